The average Bonchev–Trinajstić information content (AvgIpc) is 2.94. The van der Waals surface area contributed by atoms with E-state index in [1.54, 1.807) is 61.5 Å². The van der Waals surface area contributed by atoms with Crippen molar-refractivity contribution in [1.29, 1.82) is 0 Å². The smallest absolute Gasteiger partial charge is 0.273 e. The molecule has 0 bridgehead atoms. The first-order chi connectivity index (χ1) is 18.4. The van der Waals surface area contributed by atoms with Crippen LogP contribution in [0.5, 0.6) is 11.5 Å². The molecule has 8 nitrogen and oxygen atoms in total. The van der Waals surface area contributed by atoms with Crippen LogP contribution in [0.2, 0.25) is 0 Å². The van der Waals surface area contributed by atoms with Gasteiger partial charge in [0, 0.05) is 0 Å². The predicted molar refractivity (Wildman–Crippen MR) is 147 cm³/mol. The summed E-state index contributed by atoms with van der Waals surface area (Å²) in [5, 5.41) is 13.9. The van der Waals surface area contributed by atoms with E-state index in [0.29, 0.717) is 17.9 Å². The lowest BCUT2D eigenvalue weighted by Gasteiger charge is -2.26. The minimum absolute atomic E-state index is 0.0000887. The highest BCUT2D eigenvalue weighted by Gasteiger charge is 2.28. The average molecular weight is 530 g/mol. The van der Waals surface area contributed by atoms with Gasteiger partial charge in [0.05, 0.1) is 35.5 Å². The fraction of sp³-hybridized carbons (Fsp3) is 0.103. The first kappa shape index (κ1) is 26.4. The number of benzene rings is 4. The van der Waals surface area contributed by atoms with Gasteiger partial charge in [-0.25, -0.2) is 13.8 Å². The zero-order valence-corrected chi connectivity index (χ0v) is 21.5. The topological polar surface area (TPSA) is 108 Å². The van der Waals surface area contributed by atoms with Crippen LogP contribution in [0.4, 0.5) is 5.69 Å². The summed E-state index contributed by atoms with van der Waals surface area (Å²) >= 11 is 0. The molecule has 4 aromatic rings. The van der Waals surface area contributed by atoms with Gasteiger partial charge in [0.1, 0.15) is 0 Å². The number of hydrazone groups is 1. The molecule has 0 aliphatic rings. The minimum atomic E-state index is -4.01. The summed E-state index contributed by atoms with van der Waals surface area (Å²) in [7, 11) is -4.01. The number of rotatable bonds is 10. The van der Waals surface area contributed by atoms with Crippen LogP contribution in [-0.2, 0) is 16.6 Å². The molecule has 0 radical (unpaired) electrons. The van der Waals surface area contributed by atoms with Gasteiger partial charge in [-0.2, -0.15) is 5.10 Å². The van der Waals surface area contributed by atoms with E-state index in [4.69, 9.17) is 4.74 Å². The third-order valence-corrected chi connectivity index (χ3v) is 7.35. The molecule has 0 atom stereocenters. The molecule has 0 saturated carbocycles. The fourth-order valence-corrected chi connectivity index (χ4v) is 5.25. The Kier molecular flexibility index (Phi) is 8.40. The van der Waals surface area contributed by atoms with Gasteiger partial charge in [-0.15, -0.1) is 0 Å². The molecule has 4 aromatic carbocycles. The Morgan fingerprint density at radius 2 is 1.61 bits per heavy atom. The lowest BCUT2D eigenvalue weighted by atomic mass is 10.1. The summed E-state index contributed by atoms with van der Waals surface area (Å²) in [6.45, 7) is 2.21. The van der Waals surface area contributed by atoms with Gasteiger partial charge >= 0.3 is 0 Å². The van der Waals surface area contributed by atoms with Crippen molar-refractivity contribution in [3.8, 4) is 11.5 Å². The molecule has 0 saturated heterocycles. The Morgan fingerprint density at radius 3 is 2.32 bits per heavy atom. The molecule has 0 aliphatic carbocycles. The van der Waals surface area contributed by atoms with Crippen LogP contribution in [0.3, 0.4) is 0 Å². The predicted octanol–water partition coefficient (Wildman–Crippen LogP) is 4.95. The van der Waals surface area contributed by atoms with Crippen molar-refractivity contribution in [3.63, 3.8) is 0 Å². The summed E-state index contributed by atoms with van der Waals surface area (Å²) in [6.07, 6.45) is 1.41. The van der Waals surface area contributed by atoms with Crippen molar-refractivity contribution in [2.45, 2.75) is 18.4 Å². The lowest BCUT2D eigenvalue weighted by Crippen LogP contribution is -2.33. The number of carbonyl (C=O) groups excluding carboxylic acids is 1. The van der Waals surface area contributed by atoms with Crippen LogP contribution >= 0.6 is 0 Å². The highest BCUT2D eigenvalue weighted by molar-refractivity contribution is 7.92. The number of carbonyl (C=O) groups is 1. The van der Waals surface area contributed by atoms with Gasteiger partial charge in [-0.05, 0) is 60.5 Å². The van der Waals surface area contributed by atoms with Gasteiger partial charge in [0.15, 0.2) is 11.5 Å². The lowest BCUT2D eigenvalue weighted by molar-refractivity contribution is 0.0955. The molecule has 38 heavy (non-hydrogen) atoms. The van der Waals surface area contributed by atoms with Gasteiger partial charge in [0.2, 0.25) is 0 Å². The van der Waals surface area contributed by atoms with Crippen molar-refractivity contribution < 1.29 is 23.1 Å². The Balaban J connectivity index is 1.65. The third-order valence-electron chi connectivity index (χ3n) is 5.58. The van der Waals surface area contributed by atoms with Crippen LogP contribution in [0.15, 0.2) is 113 Å². The van der Waals surface area contributed by atoms with Crippen molar-refractivity contribution >= 4 is 27.8 Å². The minimum Gasteiger partial charge on any atom is -0.504 e. The summed E-state index contributed by atoms with van der Waals surface area (Å²) in [6, 6.07) is 28.4. The Bertz CT molecular complexity index is 1520. The molecular weight excluding hydrogens is 502 g/mol. The Labute approximate surface area is 221 Å². The van der Waals surface area contributed by atoms with Gasteiger partial charge in [-0.3, -0.25) is 9.10 Å². The molecular formula is C29H27N3O5S. The maximum absolute atomic E-state index is 13.8. The second-order valence-corrected chi connectivity index (χ2v) is 10.0. The molecule has 2 N–H and O–H groups in total. The van der Waals surface area contributed by atoms with E-state index in [1.165, 1.54) is 28.7 Å². The molecule has 1 amide bonds. The molecule has 0 unspecified atom stereocenters. The summed E-state index contributed by atoms with van der Waals surface area (Å²) < 4.78 is 34.1. The first-order valence-electron chi connectivity index (χ1n) is 11.9. The van der Waals surface area contributed by atoms with E-state index in [1.807, 2.05) is 30.3 Å². The number of aromatic hydroxyl groups is 1. The SMILES string of the molecule is CCOc1cc(C=NNC(=O)c2ccccc2N(Cc2ccccc2)S(=O)(=O)c2ccccc2)ccc1O. The van der Waals surface area contributed by atoms with Gasteiger partial charge in [0.25, 0.3) is 15.9 Å². The zero-order chi connectivity index (χ0) is 27.0. The quantitative estimate of drug-likeness (QED) is 0.223. The number of amides is 1. The third kappa shape index (κ3) is 6.19. The van der Waals surface area contributed by atoms with E-state index in [0.717, 1.165) is 5.56 Å². The van der Waals surface area contributed by atoms with E-state index < -0.39 is 15.9 Å². The van der Waals surface area contributed by atoms with E-state index in [2.05, 4.69) is 10.5 Å². The summed E-state index contributed by atoms with van der Waals surface area (Å²) in [5.41, 5.74) is 4.18. The van der Waals surface area contributed by atoms with Crippen LogP contribution < -0.4 is 14.5 Å². The number of para-hydroxylation sites is 1. The maximum atomic E-state index is 13.8. The van der Waals surface area contributed by atoms with E-state index in [9.17, 15) is 18.3 Å². The molecule has 0 spiro atoms. The van der Waals surface area contributed by atoms with Crippen LogP contribution in [0.1, 0.15) is 28.4 Å². The summed E-state index contributed by atoms with van der Waals surface area (Å²) in [5.74, 6) is -0.280. The number of sulfonamides is 1. The molecule has 194 valence electrons. The standard InChI is InChI=1S/C29H27N3O5S/c1-2-37-28-19-23(17-18-27(28)33)20-30-31-29(34)25-15-9-10-16-26(25)32(21-22-11-5-3-6-12-22)38(35,36)24-13-7-4-8-14-24/h3-20,33H,2,21H2,1H3,(H,31,34). The number of nitrogens with one attached hydrogen (secondary N) is 1. The highest BCUT2D eigenvalue weighted by atomic mass is 32.2. The second kappa shape index (κ2) is 12.1. The second-order valence-electron chi connectivity index (χ2n) is 8.19. The van der Waals surface area contributed by atoms with Gasteiger partial charge in [-0.1, -0.05) is 60.7 Å². The van der Waals surface area contributed by atoms with E-state index in [-0.39, 0.29) is 28.4 Å². The van der Waals surface area contributed by atoms with Crippen molar-refractivity contribution in [2.24, 2.45) is 5.10 Å². The molecule has 9 heteroatoms. The number of ether oxygens (including phenoxy) is 1. The fourth-order valence-electron chi connectivity index (χ4n) is 3.76. The Hall–Kier alpha value is -4.63. The van der Waals surface area contributed by atoms with Crippen molar-refractivity contribution in [3.05, 3.63) is 120 Å². The van der Waals surface area contributed by atoms with Gasteiger partial charge < -0.3 is 9.84 Å². The zero-order valence-electron chi connectivity index (χ0n) is 20.7. The molecule has 4 rings (SSSR count). The van der Waals surface area contributed by atoms with Crippen LogP contribution in [0.25, 0.3) is 0 Å². The summed E-state index contributed by atoms with van der Waals surface area (Å²) in [4.78, 5) is 13.3. The van der Waals surface area contributed by atoms with Crippen molar-refractivity contribution in [2.75, 3.05) is 10.9 Å². The number of phenolic OH excluding ortho intramolecular Hbond substituents is 1. The highest BCUT2D eigenvalue weighted by Crippen LogP contribution is 2.29. The Morgan fingerprint density at radius 1 is 0.947 bits per heavy atom. The maximum Gasteiger partial charge on any atom is 0.273 e. The molecule has 0 aliphatic heterocycles. The van der Waals surface area contributed by atoms with Crippen molar-refractivity contribution in [1.82, 2.24) is 5.43 Å². The molecule has 0 fully saturated rings. The number of phenols is 1. The molecule has 0 aromatic heterocycles. The normalized spacial score (nSPS) is 11.3. The first-order valence-corrected chi connectivity index (χ1v) is 13.3. The number of nitrogens with zero attached hydrogens (tertiary/aromatic N) is 2. The monoisotopic (exact) mass is 529 g/mol. The van der Waals surface area contributed by atoms with Crippen LogP contribution in [0, 0.1) is 0 Å². The number of hydrogen-bond donors (Lipinski definition) is 2. The van der Waals surface area contributed by atoms with Crippen LogP contribution in [-0.4, -0.2) is 32.3 Å². The number of anilines is 1. The largest absolute Gasteiger partial charge is 0.504 e. The molecule has 0 heterocycles. The number of hydrogen-bond acceptors (Lipinski definition) is 6. The van der Waals surface area contributed by atoms with E-state index >= 15 is 0 Å².